The normalized spacial score (nSPS) is 14.6. The monoisotopic (exact) mass is 234 g/mol. The summed E-state index contributed by atoms with van der Waals surface area (Å²) in [6.45, 7) is 0.885. The molecule has 0 aliphatic carbocycles. The Balaban J connectivity index is 2.20. The number of para-hydroxylation sites is 1. The van der Waals surface area contributed by atoms with Crippen molar-refractivity contribution >= 4 is 0 Å². The third-order valence-electron chi connectivity index (χ3n) is 2.91. The molecule has 3 rings (SSSR count). The Kier molecular flexibility index (Phi) is 2.33. The summed E-state index contributed by atoms with van der Waals surface area (Å²) in [7, 11) is 0. The zero-order chi connectivity index (χ0) is 11.8. The van der Waals surface area contributed by atoms with Gasteiger partial charge in [0.25, 0.3) is 5.56 Å². The Labute approximate surface area is 96.6 Å². The van der Waals surface area contributed by atoms with Gasteiger partial charge < -0.3 is 4.74 Å². The Morgan fingerprint density at radius 1 is 1.35 bits per heavy atom. The van der Waals surface area contributed by atoms with Crippen LogP contribution in [0, 0.1) is 5.82 Å². The van der Waals surface area contributed by atoms with Crippen molar-refractivity contribution in [2.75, 3.05) is 6.61 Å². The second-order valence-electron chi connectivity index (χ2n) is 3.96. The first-order valence-corrected chi connectivity index (χ1v) is 5.43. The third kappa shape index (κ3) is 1.59. The fourth-order valence-electron chi connectivity index (χ4n) is 2.02. The summed E-state index contributed by atoms with van der Waals surface area (Å²) in [6.07, 6.45) is 0.659. The van der Waals surface area contributed by atoms with Gasteiger partial charge in [-0.05, 0) is 12.1 Å². The van der Waals surface area contributed by atoms with Crippen LogP contribution in [0.15, 0.2) is 29.1 Å². The quantitative estimate of drug-likeness (QED) is 0.810. The van der Waals surface area contributed by atoms with E-state index in [1.807, 2.05) is 0 Å². The van der Waals surface area contributed by atoms with E-state index in [0.717, 1.165) is 5.69 Å². The lowest BCUT2D eigenvalue weighted by atomic mass is 10.2. The molecule has 2 aromatic rings. The van der Waals surface area contributed by atoms with Crippen LogP contribution in [0.3, 0.4) is 0 Å². The van der Waals surface area contributed by atoms with Crippen molar-refractivity contribution in [2.45, 2.75) is 13.0 Å². The maximum absolute atomic E-state index is 13.6. The standard InChI is InChI=1S/C12H11FN2O2/c13-9-3-1-2-4-11(9)15-12(16)8-7-17-6-5-10(8)14-15/h1-4,14H,5-7H2. The summed E-state index contributed by atoms with van der Waals surface area (Å²) in [5, 5.41) is 2.94. The molecule has 88 valence electrons. The van der Waals surface area contributed by atoms with Crippen LogP contribution in [0.2, 0.25) is 0 Å². The first kappa shape index (κ1) is 10.3. The lowest BCUT2D eigenvalue weighted by Crippen LogP contribution is -2.20. The molecule has 0 amide bonds. The maximum atomic E-state index is 13.6. The van der Waals surface area contributed by atoms with Gasteiger partial charge in [0.1, 0.15) is 11.5 Å². The molecule has 17 heavy (non-hydrogen) atoms. The summed E-state index contributed by atoms with van der Waals surface area (Å²) >= 11 is 0. The largest absolute Gasteiger partial charge is 0.376 e. The Bertz CT molecular complexity index is 615. The van der Waals surface area contributed by atoms with Crippen LogP contribution in [-0.2, 0) is 17.8 Å². The van der Waals surface area contributed by atoms with Crippen LogP contribution in [0.5, 0.6) is 0 Å². The maximum Gasteiger partial charge on any atom is 0.277 e. The number of nitrogens with zero attached hydrogens (tertiary/aromatic N) is 1. The van der Waals surface area contributed by atoms with Gasteiger partial charge in [0, 0.05) is 12.1 Å². The molecule has 0 saturated carbocycles. The number of H-pyrrole nitrogens is 1. The van der Waals surface area contributed by atoms with E-state index in [-0.39, 0.29) is 11.2 Å². The Morgan fingerprint density at radius 2 is 2.18 bits per heavy atom. The van der Waals surface area contributed by atoms with Gasteiger partial charge in [-0.2, -0.15) is 0 Å². The molecular weight excluding hydrogens is 223 g/mol. The van der Waals surface area contributed by atoms with E-state index in [1.165, 1.54) is 10.7 Å². The van der Waals surface area contributed by atoms with Gasteiger partial charge in [-0.15, -0.1) is 0 Å². The predicted octanol–water partition coefficient (Wildman–Crippen LogP) is 1.38. The highest BCUT2D eigenvalue weighted by Crippen LogP contribution is 2.15. The van der Waals surface area contributed by atoms with E-state index in [0.29, 0.717) is 25.2 Å². The second kappa shape index (κ2) is 3.85. The minimum atomic E-state index is -0.422. The van der Waals surface area contributed by atoms with Crippen molar-refractivity contribution in [1.82, 2.24) is 9.78 Å². The molecule has 0 radical (unpaired) electrons. The molecule has 1 aromatic heterocycles. The smallest absolute Gasteiger partial charge is 0.277 e. The molecule has 0 fully saturated rings. The van der Waals surface area contributed by atoms with Crippen LogP contribution in [0.25, 0.3) is 5.69 Å². The molecule has 2 heterocycles. The zero-order valence-corrected chi connectivity index (χ0v) is 9.07. The van der Waals surface area contributed by atoms with Crippen LogP contribution >= 0.6 is 0 Å². The van der Waals surface area contributed by atoms with Crippen molar-refractivity contribution in [3.05, 3.63) is 51.7 Å². The summed E-state index contributed by atoms with van der Waals surface area (Å²) in [5.74, 6) is -0.422. The highest BCUT2D eigenvalue weighted by molar-refractivity contribution is 5.34. The summed E-state index contributed by atoms with van der Waals surface area (Å²) in [5.41, 5.74) is 1.45. The molecule has 0 unspecified atom stereocenters. The molecule has 0 atom stereocenters. The first-order valence-electron chi connectivity index (χ1n) is 5.43. The lowest BCUT2D eigenvalue weighted by Gasteiger charge is -2.08. The number of aromatic nitrogens is 2. The van der Waals surface area contributed by atoms with Gasteiger partial charge in [-0.25, -0.2) is 9.07 Å². The number of ether oxygens (including phenoxy) is 1. The van der Waals surface area contributed by atoms with Gasteiger partial charge in [0.05, 0.1) is 18.8 Å². The Morgan fingerprint density at radius 3 is 2.94 bits per heavy atom. The first-order chi connectivity index (χ1) is 8.27. The molecule has 0 bridgehead atoms. The van der Waals surface area contributed by atoms with Crippen molar-refractivity contribution in [1.29, 1.82) is 0 Å². The number of aromatic amines is 1. The zero-order valence-electron chi connectivity index (χ0n) is 9.07. The molecule has 5 heteroatoms. The van der Waals surface area contributed by atoms with Crippen molar-refractivity contribution in [3.8, 4) is 5.69 Å². The second-order valence-corrected chi connectivity index (χ2v) is 3.96. The van der Waals surface area contributed by atoms with Gasteiger partial charge >= 0.3 is 0 Å². The minimum absolute atomic E-state index is 0.232. The summed E-state index contributed by atoms with van der Waals surface area (Å²) in [6, 6.07) is 6.19. The molecule has 1 aliphatic heterocycles. The summed E-state index contributed by atoms with van der Waals surface area (Å²) < 4.78 is 20.1. The minimum Gasteiger partial charge on any atom is -0.376 e. The van der Waals surface area contributed by atoms with E-state index in [2.05, 4.69) is 5.10 Å². The number of hydrogen-bond donors (Lipinski definition) is 1. The highest BCUT2D eigenvalue weighted by Gasteiger charge is 2.19. The molecule has 0 spiro atoms. The van der Waals surface area contributed by atoms with Crippen LogP contribution in [-0.4, -0.2) is 16.4 Å². The van der Waals surface area contributed by atoms with E-state index < -0.39 is 5.82 Å². The average Bonchev–Trinajstić information content (AvgIpc) is 2.68. The van der Waals surface area contributed by atoms with Crippen molar-refractivity contribution in [3.63, 3.8) is 0 Å². The molecule has 1 aliphatic rings. The van der Waals surface area contributed by atoms with Crippen molar-refractivity contribution in [2.24, 2.45) is 0 Å². The van der Waals surface area contributed by atoms with Crippen LogP contribution in [0.1, 0.15) is 11.3 Å². The van der Waals surface area contributed by atoms with Gasteiger partial charge in [0.15, 0.2) is 0 Å². The fourth-order valence-corrected chi connectivity index (χ4v) is 2.02. The Hall–Kier alpha value is -1.88. The molecule has 1 N–H and O–H groups in total. The number of rotatable bonds is 1. The van der Waals surface area contributed by atoms with E-state index in [1.54, 1.807) is 18.2 Å². The van der Waals surface area contributed by atoms with Gasteiger partial charge in [0.2, 0.25) is 0 Å². The van der Waals surface area contributed by atoms with Crippen LogP contribution < -0.4 is 5.56 Å². The van der Waals surface area contributed by atoms with Gasteiger partial charge in [-0.1, -0.05) is 12.1 Å². The van der Waals surface area contributed by atoms with Gasteiger partial charge in [-0.3, -0.25) is 9.89 Å². The molecule has 4 nitrogen and oxygen atoms in total. The van der Waals surface area contributed by atoms with E-state index in [4.69, 9.17) is 4.74 Å². The topological polar surface area (TPSA) is 47.0 Å². The fraction of sp³-hybridized carbons (Fsp3) is 0.250. The highest BCUT2D eigenvalue weighted by atomic mass is 19.1. The number of benzene rings is 1. The molecular formula is C12H11FN2O2. The number of fused-ring (bicyclic) bond motifs is 1. The number of halogens is 1. The summed E-state index contributed by atoms with van der Waals surface area (Å²) in [4.78, 5) is 12.1. The average molecular weight is 234 g/mol. The van der Waals surface area contributed by atoms with E-state index in [9.17, 15) is 9.18 Å². The third-order valence-corrected chi connectivity index (χ3v) is 2.91. The molecule has 0 saturated heterocycles. The SMILES string of the molecule is O=c1c2c([nH]n1-c1ccccc1F)CCOC2. The predicted molar refractivity (Wildman–Crippen MR) is 59.7 cm³/mol. The number of hydrogen-bond acceptors (Lipinski definition) is 2. The van der Waals surface area contributed by atoms with Crippen LogP contribution in [0.4, 0.5) is 4.39 Å². The number of nitrogens with one attached hydrogen (secondary N) is 1. The van der Waals surface area contributed by atoms with E-state index >= 15 is 0 Å². The van der Waals surface area contributed by atoms with Crippen molar-refractivity contribution < 1.29 is 9.13 Å². The molecule has 1 aromatic carbocycles. The lowest BCUT2D eigenvalue weighted by molar-refractivity contribution is 0.109.